The van der Waals surface area contributed by atoms with Crippen molar-refractivity contribution >= 4 is 41.1 Å². The van der Waals surface area contributed by atoms with E-state index >= 15 is 4.39 Å². The van der Waals surface area contributed by atoms with Gasteiger partial charge in [0.1, 0.15) is 12.4 Å². The fraction of sp³-hybridized carbons (Fsp3) is 0.273. The molecular weight excluding hydrogens is 613 g/mol. The van der Waals surface area contributed by atoms with Crippen molar-refractivity contribution in [3.63, 3.8) is 0 Å². The Hall–Kier alpha value is -4.94. The zero-order valence-corrected chi connectivity index (χ0v) is 25.7. The van der Waals surface area contributed by atoms with Crippen molar-refractivity contribution in [1.82, 2.24) is 30.0 Å². The standard InChI is InChI=1S/C33H31ClFN7O4/c1-40-16-13-20(14-17-40)23-3-2-4-25-24(23)15-18-41(31(25)32(44)37-22-7-5-21(6-8-22)33(45)46)29(43)12-9-26-28(42-19-36-38-39-42)11-10-27(34)30(26)35/h2-12,19-20,31H,13-18H2,1H3,(H,37,44)(H,45,46)/b12-9+/t31-/m1/s1. The summed E-state index contributed by atoms with van der Waals surface area (Å²) >= 11 is 6.07. The van der Waals surface area contributed by atoms with Gasteiger partial charge in [0, 0.05) is 23.9 Å². The molecule has 1 aromatic heterocycles. The van der Waals surface area contributed by atoms with Gasteiger partial charge in [-0.05, 0) is 115 Å². The molecule has 6 rings (SSSR count). The zero-order chi connectivity index (χ0) is 32.4. The number of hydrogen-bond donors (Lipinski definition) is 2. The first-order valence-electron chi connectivity index (χ1n) is 14.9. The van der Waals surface area contributed by atoms with Crippen LogP contribution in [0, 0.1) is 5.82 Å². The molecule has 0 radical (unpaired) electrons. The molecule has 2 amide bonds. The van der Waals surface area contributed by atoms with E-state index in [9.17, 15) is 19.5 Å². The summed E-state index contributed by atoms with van der Waals surface area (Å²) in [6.45, 7) is 2.22. The number of amides is 2. The Labute approximate surface area is 269 Å². The zero-order valence-electron chi connectivity index (χ0n) is 24.9. The number of nitrogens with one attached hydrogen (secondary N) is 1. The van der Waals surface area contributed by atoms with Crippen LogP contribution in [0.25, 0.3) is 11.8 Å². The number of tetrazole rings is 1. The molecule has 0 saturated carbocycles. The highest BCUT2D eigenvalue weighted by Crippen LogP contribution is 2.38. The van der Waals surface area contributed by atoms with E-state index in [2.05, 4.69) is 38.9 Å². The highest BCUT2D eigenvalue weighted by atomic mass is 35.5. The number of fused-ring (bicyclic) bond motifs is 1. The van der Waals surface area contributed by atoms with Crippen molar-refractivity contribution < 1.29 is 23.9 Å². The number of aromatic carboxylic acids is 1. The lowest BCUT2D eigenvalue weighted by atomic mass is 9.80. The summed E-state index contributed by atoms with van der Waals surface area (Å²) in [5.41, 5.74) is 3.75. The lowest BCUT2D eigenvalue weighted by molar-refractivity contribution is -0.135. The maximum atomic E-state index is 15.2. The number of carbonyl (C=O) groups excluding carboxylic acids is 2. The molecule has 11 nitrogen and oxygen atoms in total. The lowest BCUT2D eigenvalue weighted by Gasteiger charge is -2.38. The van der Waals surface area contributed by atoms with Crippen LogP contribution in [0.3, 0.4) is 0 Å². The fourth-order valence-corrected chi connectivity index (χ4v) is 6.43. The Morgan fingerprint density at radius 2 is 1.76 bits per heavy atom. The molecule has 13 heteroatoms. The molecule has 1 saturated heterocycles. The van der Waals surface area contributed by atoms with Gasteiger partial charge in [0.05, 0.1) is 16.3 Å². The van der Waals surface area contributed by atoms with E-state index < -0.39 is 29.6 Å². The first-order valence-corrected chi connectivity index (χ1v) is 15.2. The quantitative estimate of drug-likeness (QED) is 0.276. The highest BCUT2D eigenvalue weighted by molar-refractivity contribution is 6.31. The molecule has 4 aromatic rings. The first-order chi connectivity index (χ1) is 22.2. The third-order valence-electron chi connectivity index (χ3n) is 8.64. The Morgan fingerprint density at radius 3 is 2.46 bits per heavy atom. The summed E-state index contributed by atoms with van der Waals surface area (Å²) < 4.78 is 16.5. The third-order valence-corrected chi connectivity index (χ3v) is 8.94. The first kappa shape index (κ1) is 31.1. The van der Waals surface area contributed by atoms with Crippen molar-refractivity contribution in [2.45, 2.75) is 31.2 Å². The molecule has 3 aromatic carbocycles. The molecule has 2 aliphatic rings. The molecule has 2 aliphatic heterocycles. The van der Waals surface area contributed by atoms with Gasteiger partial charge in [-0.25, -0.2) is 9.18 Å². The van der Waals surface area contributed by atoms with Crippen LogP contribution in [0.5, 0.6) is 0 Å². The van der Waals surface area contributed by atoms with Crippen molar-refractivity contribution in [3.05, 3.63) is 106 Å². The van der Waals surface area contributed by atoms with Gasteiger partial charge in [-0.3, -0.25) is 9.59 Å². The van der Waals surface area contributed by atoms with Gasteiger partial charge in [0.25, 0.3) is 5.91 Å². The summed E-state index contributed by atoms with van der Waals surface area (Å²) in [6, 6.07) is 13.7. The van der Waals surface area contributed by atoms with E-state index in [1.807, 2.05) is 12.1 Å². The number of carbonyl (C=O) groups is 3. The number of hydrogen-bond acceptors (Lipinski definition) is 7. The van der Waals surface area contributed by atoms with Crippen LogP contribution >= 0.6 is 11.6 Å². The van der Waals surface area contributed by atoms with Gasteiger partial charge in [-0.1, -0.05) is 29.8 Å². The minimum Gasteiger partial charge on any atom is -0.478 e. The number of nitrogens with zero attached hydrogens (tertiary/aromatic N) is 6. The SMILES string of the molecule is CN1CCC(c2cccc3c2CCN(C(=O)/C=C/c2c(-n4cnnn4)ccc(Cl)c2F)[C@H]3C(=O)Nc2ccc(C(=O)O)cc2)CC1. The minimum absolute atomic E-state index is 0.00892. The van der Waals surface area contributed by atoms with Crippen LogP contribution in [0.4, 0.5) is 10.1 Å². The van der Waals surface area contributed by atoms with E-state index in [1.165, 1.54) is 64.0 Å². The van der Waals surface area contributed by atoms with Crippen molar-refractivity contribution in [2.24, 2.45) is 0 Å². The molecule has 46 heavy (non-hydrogen) atoms. The highest BCUT2D eigenvalue weighted by Gasteiger charge is 2.37. The van der Waals surface area contributed by atoms with Gasteiger partial charge >= 0.3 is 5.97 Å². The minimum atomic E-state index is -1.08. The van der Waals surface area contributed by atoms with Crippen LogP contribution < -0.4 is 5.32 Å². The fourth-order valence-electron chi connectivity index (χ4n) is 6.26. The van der Waals surface area contributed by atoms with Gasteiger partial charge < -0.3 is 20.2 Å². The van der Waals surface area contributed by atoms with Gasteiger partial charge in [0.2, 0.25) is 5.91 Å². The Bertz CT molecular complexity index is 1810. The number of aromatic nitrogens is 4. The number of halogens is 2. The normalized spacial score (nSPS) is 17.2. The molecular formula is C33H31ClFN7O4. The molecule has 1 fully saturated rings. The van der Waals surface area contributed by atoms with Crippen LogP contribution in [-0.2, 0) is 16.0 Å². The summed E-state index contributed by atoms with van der Waals surface area (Å²) in [4.78, 5) is 43.0. The number of rotatable bonds is 7. The van der Waals surface area contributed by atoms with E-state index in [1.54, 1.807) is 6.07 Å². The number of benzene rings is 3. The van der Waals surface area contributed by atoms with Crippen molar-refractivity contribution in [2.75, 3.05) is 32.0 Å². The predicted molar refractivity (Wildman–Crippen MR) is 169 cm³/mol. The molecule has 2 N–H and O–H groups in total. The maximum absolute atomic E-state index is 15.2. The van der Waals surface area contributed by atoms with Crippen molar-refractivity contribution in [3.8, 4) is 5.69 Å². The van der Waals surface area contributed by atoms with Gasteiger partial charge in [-0.15, -0.1) is 5.10 Å². The molecule has 1 atom stereocenters. The Balaban J connectivity index is 1.35. The molecule has 3 heterocycles. The molecule has 0 spiro atoms. The maximum Gasteiger partial charge on any atom is 0.335 e. The average Bonchev–Trinajstić information content (AvgIpc) is 3.60. The van der Waals surface area contributed by atoms with Gasteiger partial charge in [-0.2, -0.15) is 4.68 Å². The van der Waals surface area contributed by atoms with E-state index in [-0.39, 0.29) is 28.4 Å². The number of carboxylic acid groups (broad SMARTS) is 1. The summed E-state index contributed by atoms with van der Waals surface area (Å²) in [5.74, 6) is -2.43. The number of piperidine rings is 1. The largest absolute Gasteiger partial charge is 0.478 e. The second-order valence-electron chi connectivity index (χ2n) is 11.4. The predicted octanol–water partition coefficient (Wildman–Crippen LogP) is 4.74. The second-order valence-corrected chi connectivity index (χ2v) is 11.8. The van der Waals surface area contributed by atoms with E-state index in [0.717, 1.165) is 37.1 Å². The average molecular weight is 644 g/mol. The van der Waals surface area contributed by atoms with Crippen LogP contribution in [0.15, 0.2) is 67.0 Å². The summed E-state index contributed by atoms with van der Waals surface area (Å²) in [7, 11) is 2.11. The Kier molecular flexibility index (Phi) is 8.91. The van der Waals surface area contributed by atoms with Crippen LogP contribution in [-0.4, -0.2) is 79.6 Å². The van der Waals surface area contributed by atoms with E-state index in [0.29, 0.717) is 18.0 Å². The molecule has 236 valence electrons. The van der Waals surface area contributed by atoms with Crippen LogP contribution in [0.1, 0.15) is 57.4 Å². The Morgan fingerprint density at radius 1 is 1.02 bits per heavy atom. The summed E-state index contributed by atoms with van der Waals surface area (Å²) in [5, 5.41) is 23.0. The monoisotopic (exact) mass is 643 g/mol. The summed E-state index contributed by atoms with van der Waals surface area (Å²) in [6.07, 6.45) is 6.38. The lowest BCUT2D eigenvalue weighted by Crippen LogP contribution is -2.45. The van der Waals surface area contributed by atoms with Crippen LogP contribution in [0.2, 0.25) is 5.02 Å². The second kappa shape index (κ2) is 13.2. The number of carboxylic acids is 1. The third kappa shape index (κ3) is 6.26. The topological polar surface area (TPSA) is 134 Å². The number of anilines is 1. The molecule has 0 unspecified atom stereocenters. The number of likely N-dealkylation sites (tertiary alicyclic amines) is 1. The smallest absolute Gasteiger partial charge is 0.335 e. The molecule has 0 aliphatic carbocycles. The van der Waals surface area contributed by atoms with Gasteiger partial charge in [0.15, 0.2) is 5.82 Å². The van der Waals surface area contributed by atoms with Crippen molar-refractivity contribution in [1.29, 1.82) is 0 Å². The molecule has 0 bridgehead atoms. The van der Waals surface area contributed by atoms with E-state index in [4.69, 9.17) is 11.6 Å².